The number of hydrogen-bond acceptors (Lipinski definition) is 5. The number of nitrogen functional groups attached to an aromatic ring is 1. The summed E-state index contributed by atoms with van der Waals surface area (Å²) in [5.41, 5.74) is 7.05. The summed E-state index contributed by atoms with van der Waals surface area (Å²) in [4.78, 5) is 11.8. The molecule has 4 N–H and O–H groups in total. The average molecular weight is 235 g/mol. The quantitative estimate of drug-likeness (QED) is 0.737. The lowest BCUT2D eigenvalue weighted by Crippen LogP contribution is -2.14. The van der Waals surface area contributed by atoms with Gasteiger partial charge in [0.15, 0.2) is 11.5 Å². The van der Waals surface area contributed by atoms with Crippen molar-refractivity contribution in [2.24, 2.45) is 0 Å². The van der Waals surface area contributed by atoms with Crippen LogP contribution in [0.15, 0.2) is 10.6 Å². The van der Waals surface area contributed by atoms with Gasteiger partial charge in [-0.05, 0) is 13.3 Å². The summed E-state index contributed by atoms with van der Waals surface area (Å²) in [6.45, 7) is 3.66. The summed E-state index contributed by atoms with van der Waals surface area (Å²) in [6.07, 6.45) is 0.690. The Kier molecular flexibility index (Phi) is 2.82. The van der Waals surface area contributed by atoms with Crippen molar-refractivity contribution in [1.82, 2.24) is 15.4 Å². The molecule has 2 rings (SSSR count). The number of amides is 1. The molecular weight excluding hydrogens is 222 g/mol. The van der Waals surface area contributed by atoms with Gasteiger partial charge in [0.2, 0.25) is 0 Å². The van der Waals surface area contributed by atoms with E-state index in [1.54, 1.807) is 13.0 Å². The maximum atomic E-state index is 11.8. The molecule has 0 saturated carbocycles. The third-order valence-electron chi connectivity index (χ3n) is 2.32. The molecule has 0 aliphatic carbocycles. The van der Waals surface area contributed by atoms with Crippen LogP contribution in [0.1, 0.15) is 28.9 Å². The highest BCUT2D eigenvalue weighted by Gasteiger charge is 2.17. The Hall–Kier alpha value is -2.31. The lowest BCUT2D eigenvalue weighted by molar-refractivity contribution is 0.102. The maximum Gasteiger partial charge on any atom is 0.279 e. The second-order valence-electron chi connectivity index (χ2n) is 3.59. The SMILES string of the molecule is CCc1[nH]nc(C(=O)Nc2cc(C)on2)c1N. The van der Waals surface area contributed by atoms with E-state index in [9.17, 15) is 4.79 Å². The van der Waals surface area contributed by atoms with E-state index in [4.69, 9.17) is 10.3 Å². The molecule has 90 valence electrons. The van der Waals surface area contributed by atoms with Crippen molar-refractivity contribution >= 4 is 17.4 Å². The fourth-order valence-corrected chi connectivity index (χ4v) is 1.43. The van der Waals surface area contributed by atoms with Crippen LogP contribution < -0.4 is 11.1 Å². The molecule has 0 saturated heterocycles. The summed E-state index contributed by atoms with van der Waals surface area (Å²) in [5, 5.41) is 12.8. The Morgan fingerprint density at radius 2 is 2.41 bits per heavy atom. The molecule has 0 atom stereocenters. The van der Waals surface area contributed by atoms with Gasteiger partial charge in [-0.3, -0.25) is 9.89 Å². The van der Waals surface area contributed by atoms with Crippen LogP contribution in [0.3, 0.4) is 0 Å². The fraction of sp³-hybridized carbons (Fsp3) is 0.300. The summed E-state index contributed by atoms with van der Waals surface area (Å²) in [6, 6.07) is 1.61. The van der Waals surface area contributed by atoms with Gasteiger partial charge >= 0.3 is 0 Å². The van der Waals surface area contributed by atoms with E-state index in [1.165, 1.54) is 0 Å². The molecule has 1 amide bonds. The predicted molar refractivity (Wildman–Crippen MR) is 61.6 cm³/mol. The van der Waals surface area contributed by atoms with Crippen molar-refractivity contribution in [1.29, 1.82) is 0 Å². The smallest absolute Gasteiger partial charge is 0.279 e. The summed E-state index contributed by atoms with van der Waals surface area (Å²) < 4.78 is 4.83. The Labute approximate surface area is 97.4 Å². The second-order valence-corrected chi connectivity index (χ2v) is 3.59. The topological polar surface area (TPSA) is 110 Å². The number of nitrogens with zero attached hydrogens (tertiary/aromatic N) is 2. The molecule has 7 heteroatoms. The molecule has 2 aromatic rings. The first-order valence-corrected chi connectivity index (χ1v) is 5.19. The molecule has 0 aliphatic heterocycles. The lowest BCUT2D eigenvalue weighted by atomic mass is 10.2. The van der Waals surface area contributed by atoms with Gasteiger partial charge in [-0.1, -0.05) is 12.1 Å². The second kappa shape index (κ2) is 4.28. The Balaban J connectivity index is 2.17. The summed E-state index contributed by atoms with van der Waals surface area (Å²) >= 11 is 0. The van der Waals surface area contributed by atoms with Crippen LogP contribution in [0, 0.1) is 6.92 Å². The zero-order valence-electron chi connectivity index (χ0n) is 9.57. The van der Waals surface area contributed by atoms with E-state index in [1.807, 2.05) is 6.92 Å². The van der Waals surface area contributed by atoms with Gasteiger partial charge < -0.3 is 15.6 Å². The van der Waals surface area contributed by atoms with Crippen molar-refractivity contribution in [3.63, 3.8) is 0 Å². The van der Waals surface area contributed by atoms with E-state index < -0.39 is 5.91 Å². The van der Waals surface area contributed by atoms with Gasteiger partial charge in [0, 0.05) is 6.07 Å². The first-order chi connectivity index (χ1) is 8.11. The minimum absolute atomic E-state index is 0.169. The van der Waals surface area contributed by atoms with E-state index in [0.717, 1.165) is 5.69 Å². The van der Waals surface area contributed by atoms with Gasteiger partial charge in [-0.2, -0.15) is 5.10 Å². The highest BCUT2D eigenvalue weighted by atomic mass is 16.5. The molecule has 2 aromatic heterocycles. The zero-order valence-corrected chi connectivity index (χ0v) is 9.57. The minimum atomic E-state index is -0.410. The van der Waals surface area contributed by atoms with Crippen LogP contribution in [0.4, 0.5) is 11.5 Å². The minimum Gasteiger partial charge on any atom is -0.395 e. The number of aromatic amines is 1. The number of carbonyl (C=O) groups is 1. The molecule has 0 aliphatic rings. The van der Waals surface area contributed by atoms with Crippen LogP contribution in [-0.2, 0) is 6.42 Å². The zero-order chi connectivity index (χ0) is 12.4. The number of carbonyl (C=O) groups excluding carboxylic acids is 1. The average Bonchev–Trinajstić information content (AvgIpc) is 2.85. The predicted octanol–water partition coefficient (Wildman–Crippen LogP) is 1.10. The summed E-state index contributed by atoms with van der Waals surface area (Å²) in [7, 11) is 0. The standard InChI is InChI=1S/C10H13N5O2/c1-3-6-8(11)9(14-13-6)10(16)12-7-4-5(2)17-15-7/h4H,3,11H2,1-2H3,(H,13,14)(H,12,15,16). The maximum absolute atomic E-state index is 11.8. The molecule has 0 spiro atoms. The van der Waals surface area contributed by atoms with Crippen LogP contribution in [0.2, 0.25) is 0 Å². The van der Waals surface area contributed by atoms with Gasteiger partial charge in [-0.15, -0.1) is 0 Å². The van der Waals surface area contributed by atoms with Crippen LogP contribution >= 0.6 is 0 Å². The number of H-pyrrole nitrogens is 1. The Morgan fingerprint density at radius 3 is 2.94 bits per heavy atom. The molecule has 17 heavy (non-hydrogen) atoms. The van der Waals surface area contributed by atoms with Crippen molar-refractivity contribution < 1.29 is 9.32 Å². The van der Waals surface area contributed by atoms with E-state index in [-0.39, 0.29) is 5.69 Å². The number of aryl methyl sites for hydroxylation is 2. The van der Waals surface area contributed by atoms with Gasteiger partial charge in [-0.25, -0.2) is 0 Å². The van der Waals surface area contributed by atoms with Gasteiger partial charge in [0.05, 0.1) is 11.4 Å². The monoisotopic (exact) mass is 235 g/mol. The van der Waals surface area contributed by atoms with Crippen LogP contribution in [0.5, 0.6) is 0 Å². The van der Waals surface area contributed by atoms with E-state index >= 15 is 0 Å². The van der Waals surface area contributed by atoms with Gasteiger partial charge in [0.25, 0.3) is 5.91 Å². The Morgan fingerprint density at radius 1 is 1.65 bits per heavy atom. The largest absolute Gasteiger partial charge is 0.395 e. The lowest BCUT2D eigenvalue weighted by Gasteiger charge is -1.98. The van der Waals surface area contributed by atoms with Crippen LogP contribution in [0.25, 0.3) is 0 Å². The van der Waals surface area contributed by atoms with Crippen molar-refractivity contribution in [3.05, 3.63) is 23.2 Å². The van der Waals surface area contributed by atoms with Crippen molar-refractivity contribution in [2.45, 2.75) is 20.3 Å². The first-order valence-electron chi connectivity index (χ1n) is 5.19. The number of hydrogen-bond donors (Lipinski definition) is 3. The van der Waals surface area contributed by atoms with E-state index in [2.05, 4.69) is 20.7 Å². The highest BCUT2D eigenvalue weighted by Crippen LogP contribution is 2.16. The third-order valence-corrected chi connectivity index (χ3v) is 2.32. The molecule has 0 aromatic carbocycles. The normalized spacial score (nSPS) is 10.5. The Bertz CT molecular complexity index is 543. The van der Waals surface area contributed by atoms with Gasteiger partial charge in [0.1, 0.15) is 5.76 Å². The molecular formula is C10H13N5O2. The fourth-order valence-electron chi connectivity index (χ4n) is 1.43. The third kappa shape index (κ3) is 2.12. The van der Waals surface area contributed by atoms with Crippen LogP contribution in [-0.4, -0.2) is 21.3 Å². The molecule has 7 nitrogen and oxygen atoms in total. The molecule has 0 unspecified atom stereocenters. The molecule has 0 fully saturated rings. The summed E-state index contributed by atoms with van der Waals surface area (Å²) in [5.74, 6) is 0.546. The first kappa shape index (κ1) is 11.2. The number of nitrogens with one attached hydrogen (secondary N) is 2. The number of nitrogens with two attached hydrogens (primary N) is 1. The number of rotatable bonds is 3. The van der Waals surface area contributed by atoms with Crippen molar-refractivity contribution in [2.75, 3.05) is 11.1 Å². The number of aromatic nitrogens is 3. The molecule has 0 bridgehead atoms. The van der Waals surface area contributed by atoms with E-state index in [0.29, 0.717) is 23.7 Å². The molecule has 0 radical (unpaired) electrons. The van der Waals surface area contributed by atoms with Crippen molar-refractivity contribution in [3.8, 4) is 0 Å². The number of anilines is 2. The molecule has 2 heterocycles. The highest BCUT2D eigenvalue weighted by molar-refractivity contribution is 6.06.